The number of para-hydroxylation sites is 1. The number of hydrogen-bond acceptors (Lipinski definition) is 2. The van der Waals surface area contributed by atoms with Crippen LogP contribution >= 0.6 is 0 Å². The molecule has 0 radical (unpaired) electrons. The van der Waals surface area contributed by atoms with Crippen LogP contribution in [0.2, 0.25) is 0 Å². The number of hydrogen-bond donors (Lipinski definition) is 0. The Labute approximate surface area is 106 Å². The molecule has 0 N–H and O–H groups in total. The fourth-order valence-electron chi connectivity index (χ4n) is 2.53. The molecular formula is C16H12N2. The molecular weight excluding hydrogens is 220 g/mol. The lowest BCUT2D eigenvalue weighted by Gasteiger charge is -2.22. The number of aliphatic imine (C=N–C) groups is 1. The summed E-state index contributed by atoms with van der Waals surface area (Å²) in [4.78, 5) is 6.90. The minimum absolute atomic E-state index is 0.936. The molecule has 0 atom stereocenters. The van der Waals surface area contributed by atoms with Gasteiger partial charge in [0.2, 0.25) is 0 Å². The van der Waals surface area contributed by atoms with Crippen molar-refractivity contribution in [3.05, 3.63) is 72.1 Å². The Morgan fingerprint density at radius 2 is 2.06 bits per heavy atom. The third kappa shape index (κ3) is 1.39. The predicted molar refractivity (Wildman–Crippen MR) is 74.6 cm³/mol. The number of fused-ring (bicyclic) bond motifs is 5. The average molecular weight is 232 g/mol. The molecule has 1 aromatic rings. The maximum Gasteiger partial charge on any atom is 0.0731 e. The van der Waals surface area contributed by atoms with Crippen molar-refractivity contribution in [2.75, 3.05) is 6.54 Å². The zero-order chi connectivity index (χ0) is 11.9. The average Bonchev–Trinajstić information content (AvgIpc) is 2.74. The van der Waals surface area contributed by atoms with Crippen LogP contribution < -0.4 is 0 Å². The topological polar surface area (TPSA) is 15.6 Å². The molecule has 2 heteroatoms. The second-order valence-corrected chi connectivity index (χ2v) is 4.65. The van der Waals surface area contributed by atoms with Gasteiger partial charge in [-0.2, -0.15) is 0 Å². The van der Waals surface area contributed by atoms with E-state index in [1.54, 1.807) is 0 Å². The minimum Gasteiger partial charge on any atom is -0.349 e. The Balaban J connectivity index is 1.92. The smallest absolute Gasteiger partial charge is 0.0731 e. The highest BCUT2D eigenvalue weighted by atomic mass is 15.1. The summed E-state index contributed by atoms with van der Waals surface area (Å²) in [6.45, 7) is 0.936. The van der Waals surface area contributed by atoms with Crippen molar-refractivity contribution in [2.45, 2.75) is 0 Å². The standard InChI is InChI=1S/C16H12N2/c1-2-6-15-13(5-1)14-11-18-9-3-4-12(10-18)7-8-16(14)17-15/h1-9,11H,10H2. The third-order valence-electron chi connectivity index (χ3n) is 3.41. The van der Waals surface area contributed by atoms with E-state index in [1.165, 1.54) is 16.7 Å². The minimum atomic E-state index is 0.936. The van der Waals surface area contributed by atoms with Crippen LogP contribution in [0.3, 0.4) is 0 Å². The summed E-state index contributed by atoms with van der Waals surface area (Å²) in [5, 5.41) is 0. The van der Waals surface area contributed by atoms with Crippen molar-refractivity contribution < 1.29 is 0 Å². The van der Waals surface area contributed by atoms with E-state index < -0.39 is 0 Å². The summed E-state index contributed by atoms with van der Waals surface area (Å²) in [5.74, 6) is 0. The lowest BCUT2D eigenvalue weighted by atomic mass is 10.0. The molecule has 0 amide bonds. The van der Waals surface area contributed by atoms with E-state index in [2.05, 4.69) is 64.8 Å². The van der Waals surface area contributed by atoms with Gasteiger partial charge in [0.1, 0.15) is 0 Å². The van der Waals surface area contributed by atoms with E-state index in [9.17, 15) is 0 Å². The molecule has 18 heavy (non-hydrogen) atoms. The Morgan fingerprint density at radius 1 is 1.11 bits per heavy atom. The van der Waals surface area contributed by atoms with Crippen LogP contribution in [0.1, 0.15) is 5.56 Å². The van der Waals surface area contributed by atoms with E-state index in [-0.39, 0.29) is 0 Å². The van der Waals surface area contributed by atoms with Gasteiger partial charge in [-0.05, 0) is 23.8 Å². The van der Waals surface area contributed by atoms with Crippen LogP contribution in [0.15, 0.2) is 71.5 Å². The monoisotopic (exact) mass is 232 g/mol. The third-order valence-corrected chi connectivity index (χ3v) is 3.41. The number of rotatable bonds is 0. The van der Waals surface area contributed by atoms with E-state index >= 15 is 0 Å². The first-order valence-electron chi connectivity index (χ1n) is 6.12. The largest absolute Gasteiger partial charge is 0.349 e. The van der Waals surface area contributed by atoms with Gasteiger partial charge in [-0.15, -0.1) is 0 Å². The maximum absolute atomic E-state index is 4.69. The summed E-state index contributed by atoms with van der Waals surface area (Å²) in [6.07, 6.45) is 12.8. The van der Waals surface area contributed by atoms with Gasteiger partial charge in [-0.25, -0.2) is 4.99 Å². The summed E-state index contributed by atoms with van der Waals surface area (Å²) in [6, 6.07) is 8.31. The molecule has 2 nitrogen and oxygen atoms in total. The molecule has 0 fully saturated rings. The Hall–Kier alpha value is -2.35. The van der Waals surface area contributed by atoms with Gasteiger partial charge in [0.15, 0.2) is 0 Å². The number of nitrogens with zero attached hydrogens (tertiary/aromatic N) is 2. The van der Waals surface area contributed by atoms with Crippen LogP contribution in [0.4, 0.5) is 5.69 Å². The van der Waals surface area contributed by atoms with Crippen molar-refractivity contribution in [1.82, 2.24) is 4.90 Å². The molecule has 2 bridgehead atoms. The van der Waals surface area contributed by atoms with Gasteiger partial charge in [0, 0.05) is 30.1 Å². The predicted octanol–water partition coefficient (Wildman–Crippen LogP) is 3.44. The number of allylic oxidation sites excluding steroid dienone is 4. The van der Waals surface area contributed by atoms with Gasteiger partial charge in [0.05, 0.1) is 11.4 Å². The maximum atomic E-state index is 4.69. The second kappa shape index (κ2) is 3.57. The molecule has 4 rings (SSSR count). The molecule has 0 aliphatic carbocycles. The first-order valence-corrected chi connectivity index (χ1v) is 6.12. The molecule has 1 aromatic carbocycles. The van der Waals surface area contributed by atoms with Gasteiger partial charge in [-0.3, -0.25) is 0 Å². The molecule has 0 saturated carbocycles. The van der Waals surface area contributed by atoms with Crippen molar-refractivity contribution in [3.8, 4) is 0 Å². The molecule has 3 heterocycles. The first kappa shape index (κ1) is 9.66. The lowest BCUT2D eigenvalue weighted by molar-refractivity contribution is 0.551. The van der Waals surface area contributed by atoms with Crippen LogP contribution in [-0.4, -0.2) is 17.2 Å². The van der Waals surface area contributed by atoms with Crippen LogP contribution in [-0.2, 0) is 0 Å². The summed E-state index contributed by atoms with van der Waals surface area (Å²) in [5.41, 5.74) is 5.88. The highest BCUT2D eigenvalue weighted by Crippen LogP contribution is 2.36. The lowest BCUT2D eigenvalue weighted by Crippen LogP contribution is -2.18. The molecule has 3 aliphatic rings. The van der Waals surface area contributed by atoms with Gasteiger partial charge >= 0.3 is 0 Å². The summed E-state index contributed by atoms with van der Waals surface area (Å²) in [7, 11) is 0. The van der Waals surface area contributed by atoms with Gasteiger partial charge < -0.3 is 4.90 Å². The quantitative estimate of drug-likeness (QED) is 0.669. The van der Waals surface area contributed by atoms with Crippen molar-refractivity contribution in [1.29, 1.82) is 0 Å². The molecule has 0 unspecified atom stereocenters. The SMILES string of the molecule is C1=CN2C=C3C(=Nc4ccccc43)C=CC(=C1)C2. The summed E-state index contributed by atoms with van der Waals surface area (Å²) < 4.78 is 0. The van der Waals surface area contributed by atoms with E-state index in [0.29, 0.717) is 0 Å². The Bertz CT molecular complexity index is 672. The van der Waals surface area contributed by atoms with Crippen molar-refractivity contribution >= 4 is 17.0 Å². The highest BCUT2D eigenvalue weighted by molar-refractivity contribution is 6.33. The van der Waals surface area contributed by atoms with E-state index in [0.717, 1.165) is 17.9 Å². The Morgan fingerprint density at radius 3 is 3.06 bits per heavy atom. The van der Waals surface area contributed by atoms with Gasteiger partial charge in [-0.1, -0.05) is 30.4 Å². The number of benzene rings is 1. The molecule has 0 aromatic heterocycles. The normalized spacial score (nSPS) is 19.3. The fraction of sp³-hybridized carbons (Fsp3) is 0.0625. The highest BCUT2D eigenvalue weighted by Gasteiger charge is 2.21. The fourth-order valence-corrected chi connectivity index (χ4v) is 2.53. The van der Waals surface area contributed by atoms with E-state index in [4.69, 9.17) is 0 Å². The summed E-state index contributed by atoms with van der Waals surface area (Å²) >= 11 is 0. The molecule has 0 spiro atoms. The zero-order valence-corrected chi connectivity index (χ0v) is 9.88. The first-order chi connectivity index (χ1) is 8.90. The van der Waals surface area contributed by atoms with Crippen molar-refractivity contribution in [3.63, 3.8) is 0 Å². The van der Waals surface area contributed by atoms with Crippen molar-refractivity contribution in [2.24, 2.45) is 4.99 Å². The second-order valence-electron chi connectivity index (χ2n) is 4.65. The molecule has 0 saturated heterocycles. The van der Waals surface area contributed by atoms with E-state index in [1.807, 2.05) is 6.07 Å². The van der Waals surface area contributed by atoms with Crippen LogP contribution in [0, 0.1) is 0 Å². The Kier molecular flexibility index (Phi) is 1.92. The van der Waals surface area contributed by atoms with Crippen LogP contribution in [0.25, 0.3) is 5.57 Å². The van der Waals surface area contributed by atoms with Crippen LogP contribution in [0.5, 0.6) is 0 Å². The molecule has 86 valence electrons. The molecule has 3 aliphatic heterocycles. The zero-order valence-electron chi connectivity index (χ0n) is 9.88. The van der Waals surface area contributed by atoms with Gasteiger partial charge in [0.25, 0.3) is 0 Å².